The Kier molecular flexibility index (Phi) is 3.95. The third-order valence-corrected chi connectivity index (χ3v) is 2.78. The summed E-state index contributed by atoms with van der Waals surface area (Å²) in [5, 5.41) is 0. The summed E-state index contributed by atoms with van der Waals surface area (Å²) in [7, 11) is 0. The molecule has 1 heteroatoms. The van der Waals surface area contributed by atoms with Crippen LogP contribution in [0.1, 0.15) is 11.1 Å². The Morgan fingerprint density at radius 3 is 2.12 bits per heavy atom. The van der Waals surface area contributed by atoms with Crippen molar-refractivity contribution >= 4 is 22.0 Å². The van der Waals surface area contributed by atoms with Gasteiger partial charge >= 0.3 is 0 Å². The molecule has 0 saturated carbocycles. The molecule has 0 amide bonds. The molecular formula is C15H12Br. The van der Waals surface area contributed by atoms with Crippen molar-refractivity contribution in [2.45, 2.75) is 0 Å². The Labute approximate surface area is 105 Å². The predicted octanol–water partition coefficient (Wildman–Crippen LogP) is 4.71. The lowest BCUT2D eigenvalue weighted by atomic mass is 10.1. The molecular weight excluding hydrogens is 260 g/mol. The highest BCUT2D eigenvalue weighted by Crippen LogP contribution is 2.12. The zero-order valence-corrected chi connectivity index (χ0v) is 10.4. The van der Waals surface area contributed by atoms with Crippen LogP contribution >= 0.6 is 15.9 Å². The van der Waals surface area contributed by atoms with Crippen LogP contribution in [0.25, 0.3) is 6.08 Å². The Hall–Kier alpha value is -1.34. The van der Waals surface area contributed by atoms with Gasteiger partial charge in [0.05, 0.1) is 0 Å². The summed E-state index contributed by atoms with van der Waals surface area (Å²) in [4.78, 5) is 0. The molecule has 0 N–H and O–H groups in total. The van der Waals surface area contributed by atoms with E-state index in [1.54, 1.807) is 0 Å². The van der Waals surface area contributed by atoms with E-state index in [1.807, 2.05) is 30.3 Å². The van der Waals surface area contributed by atoms with Gasteiger partial charge < -0.3 is 0 Å². The third kappa shape index (κ3) is 3.35. The second-order valence-electron chi connectivity index (χ2n) is 3.49. The molecule has 0 nitrogen and oxygen atoms in total. The van der Waals surface area contributed by atoms with Gasteiger partial charge in [0.15, 0.2) is 0 Å². The Balaban J connectivity index is 1.97. The fourth-order valence-corrected chi connectivity index (χ4v) is 1.67. The van der Waals surface area contributed by atoms with E-state index in [9.17, 15) is 0 Å². The van der Waals surface area contributed by atoms with Crippen LogP contribution in [-0.2, 0) is 0 Å². The molecule has 0 heterocycles. The third-order valence-electron chi connectivity index (χ3n) is 2.25. The van der Waals surface area contributed by atoms with E-state index in [4.69, 9.17) is 0 Å². The van der Waals surface area contributed by atoms with E-state index in [0.717, 1.165) is 4.47 Å². The molecule has 2 rings (SSSR count). The molecule has 16 heavy (non-hydrogen) atoms. The van der Waals surface area contributed by atoms with Crippen molar-refractivity contribution in [3.05, 3.63) is 82.7 Å². The van der Waals surface area contributed by atoms with Crippen LogP contribution in [0.4, 0.5) is 0 Å². The monoisotopic (exact) mass is 271 g/mol. The molecule has 0 aliphatic heterocycles. The largest absolute Gasteiger partial charge is 0.0755 e. The highest BCUT2D eigenvalue weighted by Gasteiger charge is 1.90. The van der Waals surface area contributed by atoms with Crippen molar-refractivity contribution in [2.75, 3.05) is 0 Å². The number of rotatable bonds is 3. The zero-order chi connectivity index (χ0) is 11.2. The molecule has 2 aromatic carbocycles. The van der Waals surface area contributed by atoms with Crippen molar-refractivity contribution in [3.8, 4) is 0 Å². The van der Waals surface area contributed by atoms with E-state index in [1.165, 1.54) is 11.1 Å². The SMILES string of the molecule is Brc1ccc([CH]C=Cc2ccccc2)cc1. The van der Waals surface area contributed by atoms with E-state index >= 15 is 0 Å². The van der Waals surface area contributed by atoms with Crippen LogP contribution in [0.5, 0.6) is 0 Å². The van der Waals surface area contributed by atoms with Gasteiger partial charge in [0.1, 0.15) is 0 Å². The standard InChI is InChI=1S/C15H12Br/c16-15-11-9-14(10-12-15)8-4-7-13-5-2-1-3-6-13/h1-12H. The molecule has 2 aromatic rings. The van der Waals surface area contributed by atoms with Crippen LogP contribution in [0.3, 0.4) is 0 Å². The van der Waals surface area contributed by atoms with Gasteiger partial charge in [-0.1, -0.05) is 70.5 Å². The number of hydrogen-bond donors (Lipinski definition) is 0. The van der Waals surface area contributed by atoms with Gasteiger partial charge in [0.25, 0.3) is 0 Å². The van der Waals surface area contributed by atoms with Crippen LogP contribution in [0.2, 0.25) is 0 Å². The van der Waals surface area contributed by atoms with Gasteiger partial charge in [0, 0.05) is 10.9 Å². The predicted molar refractivity (Wildman–Crippen MR) is 73.0 cm³/mol. The minimum atomic E-state index is 1.11. The summed E-state index contributed by atoms with van der Waals surface area (Å²) >= 11 is 3.42. The van der Waals surface area contributed by atoms with Gasteiger partial charge in [-0.05, 0) is 23.3 Å². The van der Waals surface area contributed by atoms with Gasteiger partial charge in [-0.25, -0.2) is 0 Å². The second-order valence-corrected chi connectivity index (χ2v) is 4.40. The molecule has 0 bridgehead atoms. The summed E-state index contributed by atoms with van der Waals surface area (Å²) < 4.78 is 1.11. The van der Waals surface area contributed by atoms with E-state index in [-0.39, 0.29) is 0 Å². The summed E-state index contributed by atoms with van der Waals surface area (Å²) in [6.45, 7) is 0. The Morgan fingerprint density at radius 1 is 0.750 bits per heavy atom. The fourth-order valence-electron chi connectivity index (χ4n) is 1.41. The summed E-state index contributed by atoms with van der Waals surface area (Å²) in [5.74, 6) is 0. The molecule has 0 fully saturated rings. The Bertz CT molecular complexity index is 455. The molecule has 1 radical (unpaired) electrons. The fraction of sp³-hybridized carbons (Fsp3) is 0. The lowest BCUT2D eigenvalue weighted by Gasteiger charge is -1.96. The molecule has 0 atom stereocenters. The van der Waals surface area contributed by atoms with Crippen molar-refractivity contribution in [2.24, 2.45) is 0 Å². The topological polar surface area (TPSA) is 0 Å². The normalized spacial score (nSPS) is 10.8. The van der Waals surface area contributed by atoms with Crippen LogP contribution in [0.15, 0.2) is 65.1 Å². The van der Waals surface area contributed by atoms with Crippen LogP contribution < -0.4 is 0 Å². The number of benzene rings is 2. The highest BCUT2D eigenvalue weighted by molar-refractivity contribution is 9.10. The van der Waals surface area contributed by atoms with Gasteiger partial charge in [-0.2, -0.15) is 0 Å². The first-order valence-electron chi connectivity index (χ1n) is 5.17. The first-order chi connectivity index (χ1) is 7.84. The molecule has 0 spiro atoms. The van der Waals surface area contributed by atoms with E-state index in [0.29, 0.717) is 0 Å². The van der Waals surface area contributed by atoms with Crippen molar-refractivity contribution in [3.63, 3.8) is 0 Å². The lowest BCUT2D eigenvalue weighted by molar-refractivity contribution is 1.50. The van der Waals surface area contributed by atoms with Gasteiger partial charge in [-0.3, -0.25) is 0 Å². The second kappa shape index (κ2) is 5.66. The quantitative estimate of drug-likeness (QED) is 0.758. The maximum Gasteiger partial charge on any atom is 0.0175 e. The number of hydrogen-bond acceptors (Lipinski definition) is 0. The van der Waals surface area contributed by atoms with Crippen molar-refractivity contribution in [1.29, 1.82) is 0 Å². The van der Waals surface area contributed by atoms with Crippen molar-refractivity contribution in [1.82, 2.24) is 0 Å². The number of allylic oxidation sites excluding steroid dienone is 1. The first-order valence-corrected chi connectivity index (χ1v) is 5.96. The maximum absolute atomic E-state index is 3.42. The van der Waals surface area contributed by atoms with E-state index < -0.39 is 0 Å². The van der Waals surface area contributed by atoms with Crippen LogP contribution in [-0.4, -0.2) is 0 Å². The molecule has 0 aliphatic carbocycles. The molecule has 0 unspecified atom stereocenters. The van der Waals surface area contributed by atoms with Gasteiger partial charge in [-0.15, -0.1) is 0 Å². The lowest BCUT2D eigenvalue weighted by Crippen LogP contribution is -1.76. The molecule has 79 valence electrons. The average Bonchev–Trinajstić information content (AvgIpc) is 2.33. The minimum absolute atomic E-state index is 1.11. The maximum atomic E-state index is 3.42. The summed E-state index contributed by atoms with van der Waals surface area (Å²) in [5.41, 5.74) is 2.42. The minimum Gasteiger partial charge on any atom is -0.0755 e. The zero-order valence-electron chi connectivity index (χ0n) is 8.81. The first kappa shape index (κ1) is 11.2. The molecule has 0 aliphatic rings. The van der Waals surface area contributed by atoms with Crippen LogP contribution in [0, 0.1) is 6.42 Å². The van der Waals surface area contributed by atoms with E-state index in [2.05, 4.69) is 58.8 Å². The number of halogens is 1. The highest BCUT2D eigenvalue weighted by atomic mass is 79.9. The smallest absolute Gasteiger partial charge is 0.0175 e. The molecule has 0 saturated heterocycles. The summed E-state index contributed by atoms with van der Waals surface area (Å²) in [6, 6.07) is 18.5. The Morgan fingerprint density at radius 2 is 1.44 bits per heavy atom. The van der Waals surface area contributed by atoms with Gasteiger partial charge in [0.2, 0.25) is 0 Å². The van der Waals surface area contributed by atoms with Crippen molar-refractivity contribution < 1.29 is 0 Å². The molecule has 0 aromatic heterocycles. The summed E-state index contributed by atoms with van der Waals surface area (Å²) in [6.07, 6.45) is 6.26. The average molecular weight is 272 g/mol.